The third-order valence-electron chi connectivity index (χ3n) is 4.06. The Morgan fingerprint density at radius 2 is 2.04 bits per heavy atom. The van der Waals surface area contributed by atoms with Crippen LogP contribution in [0.25, 0.3) is 11.5 Å². The Morgan fingerprint density at radius 3 is 2.70 bits per heavy atom. The molecule has 2 N–H and O–H groups in total. The van der Waals surface area contributed by atoms with E-state index in [0.717, 1.165) is 48.4 Å². The zero-order valence-corrected chi connectivity index (χ0v) is 14.2. The summed E-state index contributed by atoms with van der Waals surface area (Å²) in [5.41, 5.74) is 3.62. The number of piperidine rings is 1. The van der Waals surface area contributed by atoms with E-state index in [1.54, 1.807) is 6.26 Å². The number of benzene rings is 1. The van der Waals surface area contributed by atoms with Gasteiger partial charge in [0.2, 0.25) is 11.8 Å². The summed E-state index contributed by atoms with van der Waals surface area (Å²) in [5, 5.41) is 6.29. The average Bonchev–Trinajstić information content (AvgIpc) is 2.96. The van der Waals surface area contributed by atoms with Crippen molar-refractivity contribution in [1.29, 1.82) is 0 Å². The van der Waals surface area contributed by atoms with E-state index < -0.39 is 0 Å². The number of nitrogens with zero attached hydrogens (tertiary/aromatic N) is 1. The number of anilines is 1. The highest BCUT2D eigenvalue weighted by molar-refractivity contribution is 5.93. The molecule has 1 aliphatic rings. The number of rotatable bonds is 3. The third-order valence-corrected chi connectivity index (χ3v) is 4.06. The van der Waals surface area contributed by atoms with Crippen molar-refractivity contribution >= 4 is 24.0 Å². The largest absolute Gasteiger partial charge is 0.444 e. The Bertz CT molecular complexity index is 678. The first kappa shape index (κ1) is 17.5. The Hall–Kier alpha value is -1.85. The minimum atomic E-state index is 0. The topological polar surface area (TPSA) is 67.2 Å². The van der Waals surface area contributed by atoms with Gasteiger partial charge >= 0.3 is 0 Å². The lowest BCUT2D eigenvalue weighted by atomic mass is 9.97. The van der Waals surface area contributed by atoms with Gasteiger partial charge < -0.3 is 15.1 Å². The van der Waals surface area contributed by atoms with Crippen molar-refractivity contribution in [3.05, 3.63) is 35.7 Å². The second-order valence-electron chi connectivity index (χ2n) is 5.84. The van der Waals surface area contributed by atoms with Crippen LogP contribution in [0.1, 0.15) is 24.1 Å². The molecule has 23 heavy (non-hydrogen) atoms. The number of hydrogen-bond acceptors (Lipinski definition) is 4. The first-order chi connectivity index (χ1) is 10.6. The summed E-state index contributed by atoms with van der Waals surface area (Å²) in [5.74, 6) is 0.780. The molecule has 0 saturated carbocycles. The number of aromatic nitrogens is 1. The zero-order chi connectivity index (χ0) is 15.5. The van der Waals surface area contributed by atoms with E-state index in [-0.39, 0.29) is 24.2 Å². The highest BCUT2D eigenvalue weighted by Crippen LogP contribution is 2.26. The Kier molecular flexibility index (Phi) is 5.80. The summed E-state index contributed by atoms with van der Waals surface area (Å²) in [6.07, 6.45) is 3.42. The molecule has 1 aromatic carbocycles. The van der Waals surface area contributed by atoms with Gasteiger partial charge in [-0.1, -0.05) is 6.07 Å². The molecule has 0 atom stereocenters. The molecule has 1 aliphatic heterocycles. The quantitative estimate of drug-likeness (QED) is 0.903. The fourth-order valence-electron chi connectivity index (χ4n) is 2.74. The molecule has 0 aliphatic carbocycles. The molecule has 2 heterocycles. The molecule has 1 amide bonds. The minimum absolute atomic E-state index is 0. The van der Waals surface area contributed by atoms with Crippen molar-refractivity contribution in [2.45, 2.75) is 26.7 Å². The molecule has 0 radical (unpaired) electrons. The van der Waals surface area contributed by atoms with E-state index in [4.69, 9.17) is 4.42 Å². The Balaban J connectivity index is 0.00000192. The van der Waals surface area contributed by atoms with E-state index in [1.165, 1.54) is 0 Å². The second kappa shape index (κ2) is 7.62. The predicted molar refractivity (Wildman–Crippen MR) is 92.9 cm³/mol. The van der Waals surface area contributed by atoms with Gasteiger partial charge in [-0.05, 0) is 57.5 Å². The van der Waals surface area contributed by atoms with Gasteiger partial charge in [0.1, 0.15) is 6.26 Å². The van der Waals surface area contributed by atoms with Gasteiger partial charge in [0.25, 0.3) is 0 Å². The van der Waals surface area contributed by atoms with Crippen LogP contribution >= 0.6 is 12.4 Å². The molecule has 0 spiro atoms. The van der Waals surface area contributed by atoms with Gasteiger partial charge in [-0.15, -0.1) is 12.4 Å². The van der Waals surface area contributed by atoms with Gasteiger partial charge in [0.15, 0.2) is 0 Å². The van der Waals surface area contributed by atoms with Crippen LogP contribution in [0.4, 0.5) is 5.69 Å². The molecule has 0 bridgehead atoms. The smallest absolute Gasteiger partial charge is 0.227 e. The van der Waals surface area contributed by atoms with Crippen molar-refractivity contribution < 1.29 is 9.21 Å². The normalized spacial score (nSPS) is 15.0. The first-order valence-corrected chi connectivity index (χ1v) is 7.68. The number of aryl methyl sites for hydroxylation is 2. The zero-order valence-electron chi connectivity index (χ0n) is 13.4. The van der Waals surface area contributed by atoms with E-state index >= 15 is 0 Å². The molecule has 3 rings (SSSR count). The number of carbonyl (C=O) groups excluding carboxylic acids is 1. The molecule has 1 fully saturated rings. The van der Waals surface area contributed by atoms with Crippen molar-refractivity contribution in [2.75, 3.05) is 18.4 Å². The fraction of sp³-hybridized carbons (Fsp3) is 0.412. The van der Waals surface area contributed by atoms with Crippen molar-refractivity contribution in [3.63, 3.8) is 0 Å². The van der Waals surface area contributed by atoms with Gasteiger partial charge in [0, 0.05) is 17.2 Å². The van der Waals surface area contributed by atoms with Gasteiger partial charge in [0.05, 0.1) is 5.69 Å². The maximum absolute atomic E-state index is 12.3. The first-order valence-electron chi connectivity index (χ1n) is 7.68. The molecule has 6 heteroatoms. The number of hydrogen-bond donors (Lipinski definition) is 2. The number of halogens is 1. The lowest BCUT2D eigenvalue weighted by Crippen LogP contribution is -2.34. The van der Waals surface area contributed by atoms with Crippen LogP contribution in [0.15, 0.2) is 28.9 Å². The van der Waals surface area contributed by atoms with Crippen molar-refractivity contribution in [1.82, 2.24) is 10.3 Å². The summed E-state index contributed by atoms with van der Waals surface area (Å²) in [6, 6.07) is 5.83. The summed E-state index contributed by atoms with van der Waals surface area (Å²) in [6.45, 7) is 5.72. The molecule has 0 unspecified atom stereocenters. The standard InChI is InChI=1S/C17H21N3O2.ClH/c1-11-3-4-14(9-15(11)17-19-12(2)10-22-17)20-16(21)13-5-7-18-8-6-13;/h3-4,9-10,13,18H,5-8H2,1-2H3,(H,20,21);1H. The van der Waals surface area contributed by atoms with E-state index in [2.05, 4.69) is 15.6 Å². The SMILES string of the molecule is Cc1coc(-c2cc(NC(=O)C3CCNCC3)ccc2C)n1.Cl. The molecule has 124 valence electrons. The Labute approximate surface area is 142 Å². The number of oxazole rings is 1. The second-order valence-corrected chi connectivity index (χ2v) is 5.84. The number of amides is 1. The van der Waals surface area contributed by atoms with Crippen molar-refractivity contribution in [2.24, 2.45) is 5.92 Å². The maximum Gasteiger partial charge on any atom is 0.227 e. The van der Waals surface area contributed by atoms with E-state index in [9.17, 15) is 4.79 Å². The monoisotopic (exact) mass is 335 g/mol. The van der Waals surface area contributed by atoms with Crippen LogP contribution in [0, 0.1) is 19.8 Å². The highest BCUT2D eigenvalue weighted by Gasteiger charge is 2.21. The van der Waals surface area contributed by atoms with Crippen LogP contribution in [0.3, 0.4) is 0 Å². The summed E-state index contributed by atoms with van der Waals surface area (Å²) in [4.78, 5) is 16.7. The highest BCUT2D eigenvalue weighted by atomic mass is 35.5. The van der Waals surface area contributed by atoms with Crippen LogP contribution < -0.4 is 10.6 Å². The third kappa shape index (κ3) is 4.12. The summed E-state index contributed by atoms with van der Waals surface area (Å²) >= 11 is 0. The van der Waals surface area contributed by atoms with Gasteiger partial charge in [-0.25, -0.2) is 4.98 Å². The van der Waals surface area contributed by atoms with Crippen molar-refractivity contribution in [3.8, 4) is 11.5 Å². The van der Waals surface area contributed by atoms with Crippen LogP contribution in [0.5, 0.6) is 0 Å². The van der Waals surface area contributed by atoms with Crippen LogP contribution in [0.2, 0.25) is 0 Å². The minimum Gasteiger partial charge on any atom is -0.444 e. The molecule has 1 saturated heterocycles. The summed E-state index contributed by atoms with van der Waals surface area (Å²) in [7, 11) is 0. The fourth-order valence-corrected chi connectivity index (χ4v) is 2.74. The average molecular weight is 336 g/mol. The lowest BCUT2D eigenvalue weighted by Gasteiger charge is -2.21. The van der Waals surface area contributed by atoms with E-state index in [1.807, 2.05) is 32.0 Å². The van der Waals surface area contributed by atoms with Gasteiger partial charge in [-0.3, -0.25) is 4.79 Å². The van der Waals surface area contributed by atoms with Gasteiger partial charge in [-0.2, -0.15) is 0 Å². The molecule has 1 aromatic heterocycles. The lowest BCUT2D eigenvalue weighted by molar-refractivity contribution is -0.120. The van der Waals surface area contributed by atoms with E-state index in [0.29, 0.717) is 5.89 Å². The molecule has 5 nitrogen and oxygen atoms in total. The Morgan fingerprint density at radius 1 is 1.30 bits per heavy atom. The molecule has 2 aromatic rings. The number of carbonyl (C=O) groups is 1. The number of nitrogens with one attached hydrogen (secondary N) is 2. The molecular weight excluding hydrogens is 314 g/mol. The van der Waals surface area contributed by atoms with Crippen LogP contribution in [-0.4, -0.2) is 24.0 Å². The van der Waals surface area contributed by atoms with Crippen LogP contribution in [-0.2, 0) is 4.79 Å². The maximum atomic E-state index is 12.3. The summed E-state index contributed by atoms with van der Waals surface area (Å²) < 4.78 is 5.48. The predicted octanol–water partition coefficient (Wildman–Crippen LogP) is 3.32. The molecular formula is C17H22ClN3O2.